The number of likely N-dealkylation sites (tertiary alicyclic amines) is 1. The number of carbonyl (C=O) groups is 2. The fourth-order valence-corrected chi connectivity index (χ4v) is 5.88. The van der Waals surface area contributed by atoms with Crippen LogP contribution in [0.5, 0.6) is 17.2 Å². The molecule has 2 aliphatic rings. The maximum atomic E-state index is 13.0. The molecule has 8 nitrogen and oxygen atoms in total. The maximum absolute atomic E-state index is 13.0. The van der Waals surface area contributed by atoms with Crippen LogP contribution in [-0.4, -0.2) is 72.8 Å². The van der Waals surface area contributed by atoms with Gasteiger partial charge in [-0.2, -0.15) is 0 Å². The smallest absolute Gasteiger partial charge is 0.321 e. The largest absolute Gasteiger partial charge is 0.497 e. The third kappa shape index (κ3) is 5.31. The van der Waals surface area contributed by atoms with E-state index in [2.05, 4.69) is 5.32 Å². The van der Waals surface area contributed by atoms with Crippen LogP contribution < -0.4 is 19.5 Å². The van der Waals surface area contributed by atoms with E-state index in [0.29, 0.717) is 60.4 Å². The van der Waals surface area contributed by atoms with Crippen LogP contribution in [0.1, 0.15) is 12.8 Å². The zero-order chi connectivity index (χ0) is 24.1. The first-order chi connectivity index (χ1) is 16.4. The Bertz CT molecular complexity index is 1030. The minimum absolute atomic E-state index is 0.0224. The number of thioether (sulfide) groups is 1. The van der Waals surface area contributed by atoms with E-state index in [0.717, 1.165) is 5.75 Å². The highest BCUT2D eigenvalue weighted by atomic mass is 35.5. The lowest BCUT2D eigenvalue weighted by atomic mass is 10.0. The van der Waals surface area contributed by atoms with E-state index in [1.807, 2.05) is 4.90 Å². The van der Waals surface area contributed by atoms with Gasteiger partial charge in [-0.15, -0.1) is 11.8 Å². The topological polar surface area (TPSA) is 80.3 Å². The molecule has 0 unspecified atom stereocenters. The van der Waals surface area contributed by atoms with E-state index in [9.17, 15) is 9.59 Å². The van der Waals surface area contributed by atoms with Crippen LogP contribution in [0.3, 0.4) is 0 Å². The third-order valence-electron chi connectivity index (χ3n) is 6.14. The van der Waals surface area contributed by atoms with Gasteiger partial charge in [-0.25, -0.2) is 4.79 Å². The summed E-state index contributed by atoms with van der Waals surface area (Å²) < 4.78 is 16.3. The molecule has 4 rings (SSSR count). The van der Waals surface area contributed by atoms with Crippen LogP contribution in [0.15, 0.2) is 42.5 Å². The monoisotopic (exact) mass is 505 g/mol. The summed E-state index contributed by atoms with van der Waals surface area (Å²) in [6.07, 6.45) is 1.41. The number of benzene rings is 2. The number of carbonyl (C=O) groups excluding carboxylic acids is 2. The van der Waals surface area contributed by atoms with Crippen molar-refractivity contribution in [2.45, 2.75) is 17.7 Å². The van der Waals surface area contributed by atoms with E-state index in [1.165, 1.54) is 0 Å². The van der Waals surface area contributed by atoms with Gasteiger partial charge in [0.25, 0.3) is 5.91 Å². The lowest BCUT2D eigenvalue weighted by Gasteiger charge is -2.44. The van der Waals surface area contributed by atoms with Crippen molar-refractivity contribution in [2.75, 3.05) is 51.5 Å². The summed E-state index contributed by atoms with van der Waals surface area (Å²) in [6.45, 7) is 1.77. The minimum Gasteiger partial charge on any atom is -0.497 e. The van der Waals surface area contributed by atoms with Crippen LogP contribution in [-0.2, 0) is 4.79 Å². The lowest BCUT2D eigenvalue weighted by Crippen LogP contribution is -2.55. The molecular formula is C24H28ClN3O5S. The van der Waals surface area contributed by atoms with Gasteiger partial charge in [-0.1, -0.05) is 11.6 Å². The van der Waals surface area contributed by atoms with Crippen LogP contribution >= 0.6 is 23.4 Å². The summed E-state index contributed by atoms with van der Waals surface area (Å²) in [5.74, 6) is 2.63. The Hall–Kier alpha value is -2.78. The van der Waals surface area contributed by atoms with Crippen LogP contribution in [0.25, 0.3) is 0 Å². The number of methoxy groups -OCH3 is 2. The Morgan fingerprint density at radius 3 is 2.41 bits per heavy atom. The van der Waals surface area contributed by atoms with E-state index in [4.69, 9.17) is 25.8 Å². The summed E-state index contributed by atoms with van der Waals surface area (Å²) in [7, 11) is 3.13. The molecule has 10 heteroatoms. The van der Waals surface area contributed by atoms with Crippen LogP contribution in [0.2, 0.25) is 5.02 Å². The Kier molecular flexibility index (Phi) is 7.63. The number of hydrogen-bond acceptors (Lipinski definition) is 6. The summed E-state index contributed by atoms with van der Waals surface area (Å²) in [4.78, 5) is 29.3. The highest BCUT2D eigenvalue weighted by Crippen LogP contribution is 2.44. The number of nitrogens with one attached hydrogen (secondary N) is 1. The van der Waals surface area contributed by atoms with Gasteiger partial charge in [0.2, 0.25) is 0 Å². The van der Waals surface area contributed by atoms with E-state index in [1.54, 1.807) is 73.3 Å². The van der Waals surface area contributed by atoms with Gasteiger partial charge in [-0.3, -0.25) is 4.79 Å². The predicted octanol–water partition coefficient (Wildman–Crippen LogP) is 4.34. The molecule has 1 spiro atoms. The molecule has 0 aromatic heterocycles. The van der Waals surface area contributed by atoms with Crippen LogP contribution in [0.4, 0.5) is 10.5 Å². The SMILES string of the molecule is COc1ccc(NC(=O)N2CCC3(CC2)SCCN3C(=O)COc2ccc(Cl)cc2)c(OC)c1. The first-order valence-electron chi connectivity index (χ1n) is 11.0. The number of piperidine rings is 1. The first-order valence-corrected chi connectivity index (χ1v) is 12.4. The Morgan fingerprint density at radius 2 is 1.74 bits per heavy atom. The zero-order valence-electron chi connectivity index (χ0n) is 19.2. The molecular weight excluding hydrogens is 478 g/mol. The Morgan fingerprint density at radius 1 is 1.03 bits per heavy atom. The first kappa shape index (κ1) is 24.3. The number of rotatable bonds is 6. The number of urea groups is 1. The number of amides is 3. The van der Waals surface area contributed by atoms with Gasteiger partial charge >= 0.3 is 6.03 Å². The van der Waals surface area contributed by atoms with Crippen molar-refractivity contribution in [2.24, 2.45) is 0 Å². The van der Waals surface area contributed by atoms with Gasteiger partial charge < -0.3 is 29.3 Å². The molecule has 2 heterocycles. The number of hydrogen-bond donors (Lipinski definition) is 1. The molecule has 2 aromatic carbocycles. The van der Waals surface area contributed by atoms with Crippen LogP contribution in [0, 0.1) is 0 Å². The van der Waals surface area contributed by atoms with E-state index < -0.39 is 0 Å². The molecule has 2 fully saturated rings. The van der Waals surface area contributed by atoms with Crippen molar-refractivity contribution < 1.29 is 23.8 Å². The number of nitrogens with zero attached hydrogens (tertiary/aromatic N) is 2. The van der Waals surface area contributed by atoms with Gasteiger partial charge in [0.15, 0.2) is 6.61 Å². The minimum atomic E-state index is -0.297. The predicted molar refractivity (Wildman–Crippen MR) is 133 cm³/mol. The summed E-state index contributed by atoms with van der Waals surface area (Å²) in [5.41, 5.74) is 0.583. The quantitative estimate of drug-likeness (QED) is 0.629. The van der Waals surface area contributed by atoms with E-state index in [-0.39, 0.29) is 23.4 Å². The molecule has 34 heavy (non-hydrogen) atoms. The third-order valence-corrected chi connectivity index (χ3v) is 7.94. The molecule has 1 N–H and O–H groups in total. The molecule has 182 valence electrons. The second-order valence-electron chi connectivity index (χ2n) is 8.07. The number of anilines is 1. The molecule has 0 aliphatic carbocycles. The molecule has 2 aliphatic heterocycles. The summed E-state index contributed by atoms with van der Waals surface area (Å²) >= 11 is 7.70. The highest BCUT2D eigenvalue weighted by molar-refractivity contribution is 8.00. The standard InChI is InChI=1S/C24H28ClN3O5S/c1-31-19-7-8-20(21(15-19)32-2)26-23(30)27-11-9-24(10-12-27)28(13-14-34-24)22(29)16-33-18-5-3-17(25)4-6-18/h3-8,15H,9-14,16H2,1-2H3,(H,26,30). The molecule has 2 saturated heterocycles. The van der Waals surface area contributed by atoms with Crippen molar-refractivity contribution in [3.05, 3.63) is 47.5 Å². The molecule has 0 atom stereocenters. The maximum Gasteiger partial charge on any atom is 0.321 e. The molecule has 2 aromatic rings. The number of ether oxygens (including phenoxy) is 3. The zero-order valence-corrected chi connectivity index (χ0v) is 20.8. The fraction of sp³-hybridized carbons (Fsp3) is 0.417. The van der Waals surface area contributed by atoms with Gasteiger partial charge in [0, 0.05) is 36.5 Å². The van der Waals surface area contributed by atoms with Gasteiger partial charge in [-0.05, 0) is 49.2 Å². The number of halogens is 1. The summed E-state index contributed by atoms with van der Waals surface area (Å²) in [5, 5.41) is 3.55. The Balaban J connectivity index is 1.33. The average Bonchev–Trinajstić information content (AvgIpc) is 3.27. The Labute approximate surface area is 208 Å². The van der Waals surface area contributed by atoms with Crippen molar-refractivity contribution in [3.8, 4) is 17.2 Å². The van der Waals surface area contributed by atoms with Crippen molar-refractivity contribution in [1.29, 1.82) is 0 Å². The molecule has 0 saturated carbocycles. The second-order valence-corrected chi connectivity index (χ2v) is 9.96. The molecule has 0 bridgehead atoms. The van der Waals surface area contributed by atoms with Crippen molar-refractivity contribution in [1.82, 2.24) is 9.80 Å². The average molecular weight is 506 g/mol. The second kappa shape index (κ2) is 10.7. The lowest BCUT2D eigenvalue weighted by molar-refractivity contribution is -0.136. The van der Waals surface area contributed by atoms with Crippen molar-refractivity contribution >= 4 is 41.0 Å². The van der Waals surface area contributed by atoms with E-state index >= 15 is 0 Å². The van der Waals surface area contributed by atoms with Gasteiger partial charge in [0.1, 0.15) is 17.2 Å². The molecule has 0 radical (unpaired) electrons. The van der Waals surface area contributed by atoms with Gasteiger partial charge in [0.05, 0.1) is 24.8 Å². The normalized spacial score (nSPS) is 16.9. The highest BCUT2D eigenvalue weighted by Gasteiger charge is 2.47. The molecule has 3 amide bonds. The van der Waals surface area contributed by atoms with Crippen molar-refractivity contribution in [3.63, 3.8) is 0 Å². The fourth-order valence-electron chi connectivity index (χ4n) is 4.28. The summed E-state index contributed by atoms with van der Waals surface area (Å²) in [6, 6.07) is 12.0.